The molecule has 0 aliphatic rings. The van der Waals surface area contributed by atoms with Gasteiger partial charge in [0.15, 0.2) is 6.10 Å². The van der Waals surface area contributed by atoms with Crippen LogP contribution in [-0.4, -0.2) is 37.2 Å². The van der Waals surface area contributed by atoms with Crippen molar-refractivity contribution in [1.82, 2.24) is 0 Å². The number of carbonyl (C=O) groups excluding carboxylic acids is 3. The summed E-state index contributed by atoms with van der Waals surface area (Å²) in [5.41, 5.74) is 0. The molecule has 0 aromatic rings. The first-order valence-electron chi connectivity index (χ1n) is 37.5. The van der Waals surface area contributed by atoms with E-state index >= 15 is 0 Å². The lowest BCUT2D eigenvalue weighted by atomic mass is 10.0. The van der Waals surface area contributed by atoms with Crippen molar-refractivity contribution in [2.75, 3.05) is 13.2 Å². The Morgan fingerprint density at radius 3 is 0.687 bits per heavy atom. The second-order valence-corrected chi connectivity index (χ2v) is 25.6. The van der Waals surface area contributed by atoms with E-state index in [9.17, 15) is 14.4 Å². The summed E-state index contributed by atoms with van der Waals surface area (Å²) in [4.78, 5) is 38.5. The van der Waals surface area contributed by atoms with Gasteiger partial charge in [-0.1, -0.05) is 359 Å². The summed E-state index contributed by atoms with van der Waals surface area (Å²) < 4.78 is 17.0. The standard InChI is InChI=1S/C77H144O6/c1-4-7-10-13-16-19-22-25-28-31-34-35-36-37-38-39-40-41-42-44-46-49-52-55-58-61-64-67-70-76(79)82-73-74(72-81-75(78)69-66-63-60-57-54-51-48-45-33-30-27-24-21-18-15-12-9-6-3)83-77(80)71-68-65-62-59-56-53-50-47-43-32-29-26-23-20-17-14-11-8-5-2/h21,24,26,29-30,33,74H,4-20,22-23,25,27-28,31-32,34-73H2,1-3H3/b24-21-,29-26-,33-30-. The van der Waals surface area contributed by atoms with Gasteiger partial charge >= 0.3 is 17.9 Å². The Hall–Kier alpha value is -2.37. The van der Waals surface area contributed by atoms with Crippen LogP contribution in [0.3, 0.4) is 0 Å². The molecule has 6 heteroatoms. The topological polar surface area (TPSA) is 78.9 Å². The zero-order valence-corrected chi connectivity index (χ0v) is 56.2. The van der Waals surface area contributed by atoms with E-state index in [0.717, 1.165) is 70.6 Å². The summed E-state index contributed by atoms with van der Waals surface area (Å²) in [6, 6.07) is 0. The van der Waals surface area contributed by atoms with Crippen LogP contribution < -0.4 is 0 Å². The second kappa shape index (κ2) is 72.1. The van der Waals surface area contributed by atoms with Crippen LogP contribution in [0.5, 0.6) is 0 Å². The van der Waals surface area contributed by atoms with E-state index in [1.54, 1.807) is 0 Å². The number of carbonyl (C=O) groups is 3. The Balaban J connectivity index is 4.25. The van der Waals surface area contributed by atoms with E-state index < -0.39 is 6.10 Å². The molecule has 0 aromatic carbocycles. The summed E-state index contributed by atoms with van der Waals surface area (Å²) in [7, 11) is 0. The molecule has 0 aromatic heterocycles. The number of hydrogen-bond acceptors (Lipinski definition) is 6. The highest BCUT2D eigenvalue weighted by Gasteiger charge is 2.20. The molecule has 488 valence electrons. The summed E-state index contributed by atoms with van der Waals surface area (Å²) in [5, 5.41) is 0. The minimum atomic E-state index is -0.776. The molecule has 0 radical (unpaired) electrons. The Bertz CT molecular complexity index is 1380. The first-order chi connectivity index (χ1) is 41.0. The van der Waals surface area contributed by atoms with Crippen LogP contribution in [0.1, 0.15) is 419 Å². The molecule has 0 amide bonds. The smallest absolute Gasteiger partial charge is 0.306 e. The zero-order valence-electron chi connectivity index (χ0n) is 56.2. The molecule has 0 saturated heterocycles. The third-order valence-electron chi connectivity index (χ3n) is 17.1. The van der Waals surface area contributed by atoms with Gasteiger partial charge in [0, 0.05) is 19.3 Å². The summed E-state index contributed by atoms with van der Waals surface area (Å²) in [6.45, 7) is 6.70. The minimum Gasteiger partial charge on any atom is -0.462 e. The van der Waals surface area contributed by atoms with Crippen LogP contribution in [0.25, 0.3) is 0 Å². The van der Waals surface area contributed by atoms with Crippen molar-refractivity contribution in [3.05, 3.63) is 36.5 Å². The average molecular weight is 1170 g/mol. The second-order valence-electron chi connectivity index (χ2n) is 25.6. The zero-order chi connectivity index (χ0) is 59.9. The lowest BCUT2D eigenvalue weighted by Gasteiger charge is -2.18. The molecule has 1 atom stereocenters. The maximum absolute atomic E-state index is 13.0. The molecule has 0 fully saturated rings. The highest BCUT2D eigenvalue weighted by molar-refractivity contribution is 5.71. The molecule has 0 spiro atoms. The van der Waals surface area contributed by atoms with Crippen molar-refractivity contribution in [2.45, 2.75) is 425 Å². The fourth-order valence-corrected chi connectivity index (χ4v) is 11.5. The number of esters is 3. The first-order valence-corrected chi connectivity index (χ1v) is 37.5. The lowest BCUT2D eigenvalue weighted by Crippen LogP contribution is -2.30. The van der Waals surface area contributed by atoms with Gasteiger partial charge in [-0.2, -0.15) is 0 Å². The molecule has 1 unspecified atom stereocenters. The predicted molar refractivity (Wildman–Crippen MR) is 362 cm³/mol. The van der Waals surface area contributed by atoms with Crippen LogP contribution >= 0.6 is 0 Å². The third kappa shape index (κ3) is 70.3. The fourth-order valence-electron chi connectivity index (χ4n) is 11.5. The number of hydrogen-bond donors (Lipinski definition) is 0. The Morgan fingerprint density at radius 1 is 0.241 bits per heavy atom. The van der Waals surface area contributed by atoms with Crippen molar-refractivity contribution in [2.24, 2.45) is 0 Å². The molecule has 0 rings (SSSR count). The lowest BCUT2D eigenvalue weighted by molar-refractivity contribution is -0.167. The van der Waals surface area contributed by atoms with E-state index in [-0.39, 0.29) is 31.1 Å². The van der Waals surface area contributed by atoms with Gasteiger partial charge in [0.05, 0.1) is 0 Å². The highest BCUT2D eigenvalue weighted by atomic mass is 16.6. The molecule has 0 aliphatic heterocycles. The molecule has 0 saturated carbocycles. The molecular weight excluding hydrogens is 1020 g/mol. The van der Waals surface area contributed by atoms with Gasteiger partial charge in [-0.05, 0) is 77.0 Å². The molecule has 0 aliphatic carbocycles. The number of unbranched alkanes of at least 4 members (excludes halogenated alkanes) is 53. The Labute approximate surface area is 518 Å². The van der Waals surface area contributed by atoms with E-state index in [0.29, 0.717) is 19.3 Å². The fraction of sp³-hybridized carbons (Fsp3) is 0.883. The Morgan fingerprint density at radius 2 is 0.434 bits per heavy atom. The van der Waals surface area contributed by atoms with Crippen LogP contribution in [0.2, 0.25) is 0 Å². The van der Waals surface area contributed by atoms with Crippen LogP contribution in [0, 0.1) is 0 Å². The molecule has 0 N–H and O–H groups in total. The SMILES string of the molecule is CCCCCC/C=C\C/C=C\CCCCCCCCCC(=O)OCC(COC(=O)CCCCCCCCCCCCCCCCCCCCCCCCCCCCCC)OC(=O)CCCCCCCCCCC/C=C\CCCCCCCC. The number of rotatable bonds is 70. The molecule has 0 bridgehead atoms. The number of allylic oxidation sites excluding steroid dienone is 6. The van der Waals surface area contributed by atoms with Crippen molar-refractivity contribution in [3.63, 3.8) is 0 Å². The summed E-state index contributed by atoms with van der Waals surface area (Å²) in [5.74, 6) is -0.849. The van der Waals surface area contributed by atoms with Crippen molar-refractivity contribution in [3.8, 4) is 0 Å². The summed E-state index contributed by atoms with van der Waals surface area (Å²) >= 11 is 0. The van der Waals surface area contributed by atoms with Gasteiger partial charge in [0.25, 0.3) is 0 Å². The van der Waals surface area contributed by atoms with Gasteiger partial charge in [0.1, 0.15) is 13.2 Å². The van der Waals surface area contributed by atoms with E-state index in [4.69, 9.17) is 14.2 Å². The normalized spacial score (nSPS) is 12.2. The van der Waals surface area contributed by atoms with E-state index in [2.05, 4.69) is 57.2 Å². The van der Waals surface area contributed by atoms with Gasteiger partial charge in [-0.3, -0.25) is 14.4 Å². The minimum absolute atomic E-state index is 0.0705. The average Bonchev–Trinajstić information content (AvgIpc) is 3.49. The van der Waals surface area contributed by atoms with Crippen LogP contribution in [0.4, 0.5) is 0 Å². The monoisotopic (exact) mass is 1170 g/mol. The predicted octanol–water partition coefficient (Wildman–Crippen LogP) is 25.9. The van der Waals surface area contributed by atoms with E-state index in [1.807, 2.05) is 0 Å². The molecule has 83 heavy (non-hydrogen) atoms. The highest BCUT2D eigenvalue weighted by Crippen LogP contribution is 2.19. The van der Waals surface area contributed by atoms with Crippen molar-refractivity contribution >= 4 is 17.9 Å². The summed E-state index contributed by atoms with van der Waals surface area (Å²) in [6.07, 6.45) is 90.4. The van der Waals surface area contributed by atoms with Crippen molar-refractivity contribution < 1.29 is 28.6 Å². The maximum Gasteiger partial charge on any atom is 0.306 e. The first kappa shape index (κ1) is 80.6. The molecule has 0 heterocycles. The quantitative estimate of drug-likeness (QED) is 0.0261. The van der Waals surface area contributed by atoms with Crippen LogP contribution in [0.15, 0.2) is 36.5 Å². The molecular formula is C77H144O6. The van der Waals surface area contributed by atoms with Gasteiger partial charge in [-0.25, -0.2) is 0 Å². The van der Waals surface area contributed by atoms with Crippen molar-refractivity contribution in [1.29, 1.82) is 0 Å². The molecule has 6 nitrogen and oxygen atoms in total. The van der Waals surface area contributed by atoms with Gasteiger partial charge < -0.3 is 14.2 Å². The largest absolute Gasteiger partial charge is 0.462 e. The third-order valence-corrected chi connectivity index (χ3v) is 17.1. The Kier molecular flexibility index (Phi) is 70.0. The van der Waals surface area contributed by atoms with E-state index in [1.165, 1.54) is 308 Å². The van der Waals surface area contributed by atoms with Crippen LogP contribution in [-0.2, 0) is 28.6 Å². The van der Waals surface area contributed by atoms with Gasteiger partial charge in [-0.15, -0.1) is 0 Å². The van der Waals surface area contributed by atoms with Gasteiger partial charge in [0.2, 0.25) is 0 Å². The maximum atomic E-state index is 13.0. The number of ether oxygens (including phenoxy) is 3.